The molecule has 2 rings (SSSR count). The lowest BCUT2D eigenvalue weighted by atomic mass is 10.0. The molecule has 0 aliphatic carbocycles. The van der Waals surface area contributed by atoms with Gasteiger partial charge in [0.2, 0.25) is 5.91 Å². The molecule has 0 aromatic carbocycles. The molecule has 2 atom stereocenters. The average molecular weight is 257 g/mol. The zero-order valence-corrected chi connectivity index (χ0v) is 11.0. The van der Waals surface area contributed by atoms with Gasteiger partial charge >= 0.3 is 0 Å². The summed E-state index contributed by atoms with van der Waals surface area (Å²) < 4.78 is 10.6. The van der Waals surface area contributed by atoms with Crippen LogP contribution in [-0.4, -0.2) is 76.5 Å². The monoisotopic (exact) mass is 257 g/mol. The van der Waals surface area contributed by atoms with E-state index in [1.807, 2.05) is 7.05 Å². The summed E-state index contributed by atoms with van der Waals surface area (Å²) in [6, 6.07) is 0.147. The number of rotatable bonds is 5. The van der Waals surface area contributed by atoms with Crippen LogP contribution >= 0.6 is 0 Å². The Morgan fingerprint density at radius 2 is 2.06 bits per heavy atom. The molecule has 6 nitrogen and oxygen atoms in total. The Kier molecular flexibility index (Phi) is 5.37. The van der Waals surface area contributed by atoms with Crippen LogP contribution in [0.4, 0.5) is 0 Å². The van der Waals surface area contributed by atoms with Gasteiger partial charge in [0.05, 0.1) is 32.3 Å². The van der Waals surface area contributed by atoms with Crippen LogP contribution in [0.15, 0.2) is 0 Å². The number of likely N-dealkylation sites (N-methyl/N-ethyl adjacent to an activating group) is 1. The summed E-state index contributed by atoms with van der Waals surface area (Å²) >= 11 is 0. The number of carbonyl (C=O) groups is 1. The number of morpholine rings is 1. The first-order valence-corrected chi connectivity index (χ1v) is 6.64. The van der Waals surface area contributed by atoms with Crippen molar-refractivity contribution in [1.82, 2.24) is 15.5 Å². The van der Waals surface area contributed by atoms with E-state index in [0.717, 1.165) is 32.8 Å². The van der Waals surface area contributed by atoms with E-state index in [0.29, 0.717) is 19.8 Å². The van der Waals surface area contributed by atoms with E-state index in [1.54, 1.807) is 0 Å². The quantitative estimate of drug-likeness (QED) is 0.639. The average Bonchev–Trinajstić information content (AvgIpc) is 2.88. The Morgan fingerprint density at radius 1 is 1.28 bits per heavy atom. The second kappa shape index (κ2) is 7.04. The summed E-state index contributed by atoms with van der Waals surface area (Å²) in [6.07, 6.45) is 0. The van der Waals surface area contributed by atoms with E-state index < -0.39 is 0 Å². The number of amides is 1. The first-order chi connectivity index (χ1) is 8.81. The van der Waals surface area contributed by atoms with Gasteiger partial charge in [0.1, 0.15) is 0 Å². The summed E-state index contributed by atoms with van der Waals surface area (Å²) in [5.41, 5.74) is 0. The van der Waals surface area contributed by atoms with Crippen molar-refractivity contribution in [2.24, 2.45) is 5.92 Å². The summed E-state index contributed by atoms with van der Waals surface area (Å²) in [6.45, 7) is 6.26. The molecule has 0 saturated carbocycles. The largest absolute Gasteiger partial charge is 0.379 e. The maximum absolute atomic E-state index is 12.0. The van der Waals surface area contributed by atoms with Crippen LogP contribution in [-0.2, 0) is 14.3 Å². The number of nitrogens with one attached hydrogen (secondary N) is 2. The first kappa shape index (κ1) is 13.7. The van der Waals surface area contributed by atoms with Crippen LogP contribution in [0.25, 0.3) is 0 Å². The predicted molar refractivity (Wildman–Crippen MR) is 67.4 cm³/mol. The standard InChI is InChI=1S/C12H23N3O3/c1-13-11-9-18-8-10(11)12(16)14-2-3-15-4-6-17-7-5-15/h10-11,13H,2-9H2,1H3,(H,14,16). The van der Waals surface area contributed by atoms with Crippen molar-refractivity contribution in [2.75, 3.05) is 59.7 Å². The molecule has 1 amide bonds. The van der Waals surface area contributed by atoms with Crippen molar-refractivity contribution in [1.29, 1.82) is 0 Å². The van der Waals surface area contributed by atoms with Gasteiger partial charge in [-0.05, 0) is 7.05 Å². The predicted octanol–water partition coefficient (Wildman–Crippen LogP) is -1.33. The van der Waals surface area contributed by atoms with Gasteiger partial charge in [0, 0.05) is 32.2 Å². The van der Waals surface area contributed by atoms with Gasteiger partial charge in [0.25, 0.3) is 0 Å². The maximum Gasteiger partial charge on any atom is 0.227 e. The molecule has 0 radical (unpaired) electrons. The van der Waals surface area contributed by atoms with Gasteiger partial charge in [-0.15, -0.1) is 0 Å². The Balaban J connectivity index is 1.64. The van der Waals surface area contributed by atoms with E-state index in [1.165, 1.54) is 0 Å². The fourth-order valence-corrected chi connectivity index (χ4v) is 2.39. The molecule has 2 aliphatic rings. The molecule has 104 valence electrons. The molecule has 0 bridgehead atoms. The number of ether oxygens (including phenoxy) is 2. The topological polar surface area (TPSA) is 62.8 Å². The Bertz CT molecular complexity index is 269. The molecule has 0 aromatic heterocycles. The third kappa shape index (κ3) is 3.65. The molecule has 0 aromatic rings. The molecule has 2 saturated heterocycles. The highest BCUT2D eigenvalue weighted by atomic mass is 16.5. The molecule has 2 fully saturated rings. The van der Waals surface area contributed by atoms with E-state index >= 15 is 0 Å². The van der Waals surface area contributed by atoms with Crippen molar-refractivity contribution in [3.8, 4) is 0 Å². The van der Waals surface area contributed by atoms with Gasteiger partial charge < -0.3 is 20.1 Å². The third-order valence-corrected chi connectivity index (χ3v) is 3.62. The summed E-state index contributed by atoms with van der Waals surface area (Å²) in [5, 5.41) is 6.12. The van der Waals surface area contributed by atoms with E-state index in [-0.39, 0.29) is 17.9 Å². The highest BCUT2D eigenvalue weighted by Gasteiger charge is 2.32. The van der Waals surface area contributed by atoms with Gasteiger partial charge in [-0.2, -0.15) is 0 Å². The molecular formula is C12H23N3O3. The van der Waals surface area contributed by atoms with Crippen LogP contribution < -0.4 is 10.6 Å². The molecule has 2 N–H and O–H groups in total. The second-order valence-corrected chi connectivity index (χ2v) is 4.78. The molecule has 18 heavy (non-hydrogen) atoms. The van der Waals surface area contributed by atoms with Gasteiger partial charge in [0.15, 0.2) is 0 Å². The molecule has 6 heteroatoms. The lowest BCUT2D eigenvalue weighted by Gasteiger charge is -2.26. The van der Waals surface area contributed by atoms with Crippen molar-refractivity contribution < 1.29 is 14.3 Å². The number of hydrogen-bond donors (Lipinski definition) is 2. The molecule has 2 unspecified atom stereocenters. The Labute approximate surface area is 108 Å². The zero-order chi connectivity index (χ0) is 12.8. The smallest absolute Gasteiger partial charge is 0.227 e. The summed E-state index contributed by atoms with van der Waals surface area (Å²) in [4.78, 5) is 14.3. The molecule has 2 aliphatic heterocycles. The van der Waals surface area contributed by atoms with Gasteiger partial charge in [-0.3, -0.25) is 9.69 Å². The van der Waals surface area contributed by atoms with Crippen LogP contribution in [0.1, 0.15) is 0 Å². The van der Waals surface area contributed by atoms with Crippen LogP contribution in [0.5, 0.6) is 0 Å². The lowest BCUT2D eigenvalue weighted by Crippen LogP contribution is -2.46. The minimum atomic E-state index is -0.0558. The first-order valence-electron chi connectivity index (χ1n) is 6.64. The van der Waals surface area contributed by atoms with E-state index in [2.05, 4.69) is 15.5 Å². The molecular weight excluding hydrogens is 234 g/mol. The lowest BCUT2D eigenvalue weighted by molar-refractivity contribution is -0.125. The van der Waals surface area contributed by atoms with Gasteiger partial charge in [-0.1, -0.05) is 0 Å². The minimum absolute atomic E-state index is 0.0558. The number of carbonyl (C=O) groups excluding carboxylic acids is 1. The van der Waals surface area contributed by atoms with E-state index in [4.69, 9.17) is 9.47 Å². The second-order valence-electron chi connectivity index (χ2n) is 4.78. The molecule has 2 heterocycles. The molecule has 0 spiro atoms. The number of nitrogens with zero attached hydrogens (tertiary/aromatic N) is 1. The Hall–Kier alpha value is -0.690. The summed E-state index contributed by atoms with van der Waals surface area (Å²) in [5.74, 6) is 0.0415. The van der Waals surface area contributed by atoms with Crippen molar-refractivity contribution in [2.45, 2.75) is 6.04 Å². The Morgan fingerprint density at radius 3 is 2.78 bits per heavy atom. The summed E-state index contributed by atoms with van der Waals surface area (Å²) in [7, 11) is 1.87. The third-order valence-electron chi connectivity index (χ3n) is 3.62. The van der Waals surface area contributed by atoms with Crippen LogP contribution in [0.3, 0.4) is 0 Å². The van der Waals surface area contributed by atoms with E-state index in [9.17, 15) is 4.79 Å². The maximum atomic E-state index is 12.0. The fraction of sp³-hybridized carbons (Fsp3) is 0.917. The number of hydrogen-bond acceptors (Lipinski definition) is 5. The minimum Gasteiger partial charge on any atom is -0.379 e. The highest BCUT2D eigenvalue weighted by Crippen LogP contribution is 2.13. The van der Waals surface area contributed by atoms with Crippen LogP contribution in [0, 0.1) is 5.92 Å². The van der Waals surface area contributed by atoms with Crippen LogP contribution in [0.2, 0.25) is 0 Å². The SMILES string of the molecule is CNC1COCC1C(=O)NCCN1CCOCC1. The highest BCUT2D eigenvalue weighted by molar-refractivity contribution is 5.79. The normalized spacial score (nSPS) is 29.4. The van der Waals surface area contributed by atoms with Crippen molar-refractivity contribution in [3.05, 3.63) is 0 Å². The fourth-order valence-electron chi connectivity index (χ4n) is 2.39. The van der Waals surface area contributed by atoms with Crippen molar-refractivity contribution >= 4 is 5.91 Å². The van der Waals surface area contributed by atoms with Crippen molar-refractivity contribution in [3.63, 3.8) is 0 Å². The van der Waals surface area contributed by atoms with Gasteiger partial charge in [-0.25, -0.2) is 0 Å². The zero-order valence-electron chi connectivity index (χ0n) is 11.0.